The minimum Gasteiger partial charge on any atom is -0.267 e. The van der Waals surface area contributed by atoms with Crippen molar-refractivity contribution in [1.82, 2.24) is 8.54 Å². The predicted molar refractivity (Wildman–Crippen MR) is 93.7 cm³/mol. The van der Waals surface area contributed by atoms with Gasteiger partial charge in [-0.2, -0.15) is 9.23 Å². The summed E-state index contributed by atoms with van der Waals surface area (Å²) in [6.45, 7) is 2.01. The monoisotopic (exact) mass is 389 g/mol. The number of nitrogens with zero attached hydrogens (tertiary/aromatic N) is 3. The molecule has 1 aromatic heterocycles. The summed E-state index contributed by atoms with van der Waals surface area (Å²) in [6.07, 6.45) is 2.03. The second-order valence-electron chi connectivity index (χ2n) is 4.46. The highest BCUT2D eigenvalue weighted by Gasteiger charge is 2.26. The maximum absolute atomic E-state index is 12.5. The Labute approximate surface area is 151 Å². The van der Waals surface area contributed by atoms with Crippen molar-refractivity contribution in [3.63, 3.8) is 0 Å². The maximum atomic E-state index is 12.5. The summed E-state index contributed by atoms with van der Waals surface area (Å²) in [6, 6.07) is 8.89. The molecule has 0 saturated carbocycles. The molecule has 0 radical (unpaired) electrons. The molecule has 1 aromatic carbocycles. The molecule has 0 atom stereocenters. The zero-order valence-corrected chi connectivity index (χ0v) is 14.9. The third-order valence-corrected chi connectivity index (χ3v) is 4.32. The quantitative estimate of drug-likeness (QED) is 0.754. The summed E-state index contributed by atoms with van der Waals surface area (Å²) in [4.78, 5) is 24.6. The number of aryl methyl sites for hydroxylation is 1. The number of aromatic nitrogens is 2. The minimum absolute atomic E-state index is 0.231. The molecule has 0 saturated heterocycles. The summed E-state index contributed by atoms with van der Waals surface area (Å²) in [5.74, 6) is 0. The van der Waals surface area contributed by atoms with E-state index in [9.17, 15) is 9.59 Å². The topological polar surface area (TPSA) is 67.8 Å². The smallest absolute Gasteiger partial charge is 0.267 e. The number of halogens is 3. The van der Waals surface area contributed by atoms with Gasteiger partial charge in [-0.05, 0) is 24.1 Å². The van der Waals surface area contributed by atoms with Crippen LogP contribution in [0.25, 0.3) is 5.69 Å². The molecule has 0 fully saturated rings. The van der Waals surface area contributed by atoms with Gasteiger partial charge >= 0.3 is 5.69 Å². The molecular weight excluding hydrogens is 381 g/mol. The number of hydrogen-bond donors (Lipinski definition) is 0. The van der Waals surface area contributed by atoms with Crippen LogP contribution in [0.4, 0.5) is 0 Å². The van der Waals surface area contributed by atoms with E-state index in [-0.39, 0.29) is 5.56 Å². The van der Waals surface area contributed by atoms with Crippen molar-refractivity contribution >= 4 is 46.8 Å². The van der Waals surface area contributed by atoms with E-state index in [2.05, 4.69) is 0 Å². The molecule has 120 valence electrons. The minimum atomic E-state index is -1.92. The number of hydrogen-bond acceptors (Lipinski definition) is 4. The third-order valence-electron chi connectivity index (χ3n) is 2.99. The fraction of sp³-hybridized carbons (Fsp3) is 0.214. The Morgan fingerprint density at radius 3 is 2.30 bits per heavy atom. The van der Waals surface area contributed by atoms with E-state index in [1.807, 2.05) is 19.1 Å². The van der Waals surface area contributed by atoms with Crippen molar-refractivity contribution in [2.24, 2.45) is 0 Å². The summed E-state index contributed by atoms with van der Waals surface area (Å²) in [7, 11) is 0. The maximum Gasteiger partial charge on any atom is 0.346 e. The number of rotatable bonds is 3. The fourth-order valence-electron chi connectivity index (χ4n) is 1.87. The second kappa shape index (κ2) is 7.02. The molecule has 0 bridgehead atoms. The van der Waals surface area contributed by atoms with Gasteiger partial charge in [0.15, 0.2) is 0 Å². The van der Waals surface area contributed by atoms with Crippen molar-refractivity contribution in [1.29, 1.82) is 5.26 Å². The Hall–Kier alpha value is -1.39. The summed E-state index contributed by atoms with van der Waals surface area (Å²) < 4.78 is -0.0803. The molecule has 0 spiro atoms. The lowest BCUT2D eigenvalue weighted by Crippen LogP contribution is -2.38. The normalized spacial score (nSPS) is 11.3. The van der Waals surface area contributed by atoms with E-state index < -0.39 is 14.4 Å². The van der Waals surface area contributed by atoms with Crippen molar-refractivity contribution in [3.05, 3.63) is 62.4 Å². The van der Waals surface area contributed by atoms with Crippen LogP contribution in [0.15, 0.2) is 40.1 Å². The average Bonchev–Trinajstić information content (AvgIpc) is 2.51. The van der Waals surface area contributed by atoms with E-state index in [0.29, 0.717) is 21.6 Å². The lowest BCUT2D eigenvalue weighted by molar-refractivity contribution is 0.857. The lowest BCUT2D eigenvalue weighted by Gasteiger charge is -2.14. The van der Waals surface area contributed by atoms with Crippen LogP contribution in [-0.4, -0.2) is 11.7 Å². The predicted octanol–water partition coefficient (Wildman–Crippen LogP) is 3.26. The van der Waals surface area contributed by atoms with E-state index in [1.165, 1.54) is 10.8 Å². The van der Waals surface area contributed by atoms with Crippen molar-refractivity contribution in [2.45, 2.75) is 16.5 Å². The van der Waals surface area contributed by atoms with E-state index in [1.54, 1.807) is 18.2 Å². The Morgan fingerprint density at radius 1 is 1.22 bits per heavy atom. The van der Waals surface area contributed by atoms with Crippen molar-refractivity contribution in [3.8, 4) is 11.8 Å². The third kappa shape index (κ3) is 4.12. The highest BCUT2D eigenvalue weighted by Crippen LogP contribution is 2.38. The number of alkyl halides is 3. The Morgan fingerprint density at radius 2 is 1.83 bits per heavy atom. The van der Waals surface area contributed by atoms with Crippen LogP contribution in [0.5, 0.6) is 0 Å². The lowest BCUT2D eigenvalue weighted by atomic mass is 10.1. The van der Waals surface area contributed by atoms with Gasteiger partial charge in [-0.25, -0.2) is 4.79 Å². The van der Waals surface area contributed by atoms with E-state index in [0.717, 1.165) is 12.0 Å². The van der Waals surface area contributed by atoms with Gasteiger partial charge in [-0.15, -0.1) is 0 Å². The van der Waals surface area contributed by atoms with Gasteiger partial charge in [-0.3, -0.25) is 9.36 Å². The van der Waals surface area contributed by atoms with Gasteiger partial charge < -0.3 is 0 Å². The first-order valence-electron chi connectivity index (χ1n) is 6.41. The molecule has 5 nitrogen and oxygen atoms in total. The molecule has 0 aliphatic carbocycles. The van der Waals surface area contributed by atoms with Crippen molar-refractivity contribution < 1.29 is 0 Å². The molecule has 23 heavy (non-hydrogen) atoms. The standard InChI is InChI=1S/C14H10Cl3N3O2S/c1-2-9-3-5-11(6-4-9)19-8-10(7-18)12(21)20(13(19)22)23-14(15,16)17/h3-6,8H,2H2,1H3. The summed E-state index contributed by atoms with van der Waals surface area (Å²) in [5.41, 5.74) is -0.176. The highest BCUT2D eigenvalue weighted by molar-refractivity contribution is 8.03. The largest absolute Gasteiger partial charge is 0.346 e. The Balaban J connectivity index is 2.69. The SMILES string of the molecule is CCc1ccc(-n2cc(C#N)c(=O)n(SC(Cl)(Cl)Cl)c2=O)cc1. The second-order valence-corrected chi connectivity index (χ2v) is 8.58. The van der Waals surface area contributed by atoms with Gasteiger partial charge in [-0.1, -0.05) is 53.9 Å². The molecule has 0 amide bonds. The Bertz CT molecular complexity index is 877. The first-order valence-corrected chi connectivity index (χ1v) is 8.32. The molecular formula is C14H10Cl3N3O2S. The summed E-state index contributed by atoms with van der Waals surface area (Å²) in [5, 5.41) is 9.10. The molecule has 2 rings (SSSR count). The van der Waals surface area contributed by atoms with Crippen LogP contribution >= 0.6 is 46.8 Å². The van der Waals surface area contributed by atoms with E-state index >= 15 is 0 Å². The molecule has 0 aliphatic heterocycles. The highest BCUT2D eigenvalue weighted by atomic mass is 35.6. The number of benzene rings is 1. The zero-order valence-electron chi connectivity index (χ0n) is 11.8. The van der Waals surface area contributed by atoms with E-state index in [4.69, 9.17) is 40.1 Å². The average molecular weight is 391 g/mol. The van der Waals surface area contributed by atoms with Crippen LogP contribution in [0, 0.1) is 11.3 Å². The van der Waals surface area contributed by atoms with Gasteiger partial charge in [0.1, 0.15) is 11.6 Å². The first-order chi connectivity index (χ1) is 10.8. The molecule has 0 aliphatic rings. The first kappa shape index (κ1) is 18.0. The van der Waals surface area contributed by atoms with Crippen LogP contribution < -0.4 is 11.2 Å². The fourth-order valence-corrected chi connectivity index (χ4v) is 3.05. The van der Waals surface area contributed by atoms with Crippen LogP contribution in [0.1, 0.15) is 18.1 Å². The molecule has 2 aromatic rings. The zero-order chi connectivity index (χ0) is 17.2. The van der Waals surface area contributed by atoms with Gasteiger partial charge in [0.25, 0.3) is 8.68 Å². The summed E-state index contributed by atoms with van der Waals surface area (Å²) >= 11 is 17.4. The van der Waals surface area contributed by atoms with Crippen molar-refractivity contribution in [2.75, 3.05) is 0 Å². The van der Waals surface area contributed by atoms with Crippen LogP contribution in [0.3, 0.4) is 0 Å². The van der Waals surface area contributed by atoms with Gasteiger partial charge in [0.2, 0.25) is 0 Å². The van der Waals surface area contributed by atoms with Gasteiger partial charge in [0, 0.05) is 18.1 Å². The van der Waals surface area contributed by atoms with Gasteiger partial charge in [0.05, 0.1) is 5.69 Å². The Kier molecular flexibility index (Phi) is 5.48. The molecule has 0 unspecified atom stereocenters. The van der Waals surface area contributed by atoms with Crippen LogP contribution in [0.2, 0.25) is 0 Å². The molecule has 9 heteroatoms. The molecule has 1 heterocycles. The molecule has 0 N–H and O–H groups in total. The number of nitriles is 1. The van der Waals surface area contributed by atoms with Crippen LogP contribution in [-0.2, 0) is 6.42 Å².